The molecule has 2 saturated heterocycles. The van der Waals surface area contributed by atoms with Gasteiger partial charge in [0.05, 0.1) is 29.7 Å². The maximum Gasteiger partial charge on any atom is 0.331 e. The maximum absolute atomic E-state index is 13.2. The quantitative estimate of drug-likeness (QED) is 0.376. The third kappa shape index (κ3) is 6.38. The normalized spacial score (nSPS) is 19.9. The fourth-order valence-corrected chi connectivity index (χ4v) is 4.56. The minimum atomic E-state index is -0.721. The van der Waals surface area contributed by atoms with Crippen LogP contribution in [0.1, 0.15) is 24.8 Å². The third-order valence-corrected chi connectivity index (χ3v) is 6.52. The number of hydrogen-bond donors (Lipinski definition) is 2. The van der Waals surface area contributed by atoms with Crippen molar-refractivity contribution >= 4 is 17.5 Å². The van der Waals surface area contributed by atoms with Crippen LogP contribution in [0.25, 0.3) is 0 Å². The van der Waals surface area contributed by atoms with E-state index < -0.39 is 23.1 Å². The molecule has 12 nitrogen and oxygen atoms in total. The summed E-state index contributed by atoms with van der Waals surface area (Å²) in [6, 6.07) is 10.5. The fourth-order valence-electron chi connectivity index (χ4n) is 4.56. The van der Waals surface area contributed by atoms with E-state index in [-0.39, 0.29) is 42.9 Å². The minimum absolute atomic E-state index is 0.0878. The summed E-state index contributed by atoms with van der Waals surface area (Å²) in [5.41, 5.74) is 0.521. The van der Waals surface area contributed by atoms with E-state index in [0.29, 0.717) is 31.7 Å². The monoisotopic (exact) mass is 508 g/mol. The molecule has 0 saturated carbocycles. The van der Waals surface area contributed by atoms with E-state index in [9.17, 15) is 30.1 Å². The summed E-state index contributed by atoms with van der Waals surface area (Å²) in [6.45, 7) is 1.11. The number of aliphatic hydroxyl groups is 1. The first-order valence-electron chi connectivity index (χ1n) is 12.1. The number of amides is 2. The molecule has 2 N–H and O–H groups in total. The molecule has 2 amide bonds. The molecule has 3 atom stereocenters. The second-order valence-electron chi connectivity index (χ2n) is 9.07. The number of pyridine rings is 1. The molecule has 2 aliphatic heterocycles. The van der Waals surface area contributed by atoms with Crippen molar-refractivity contribution in [2.45, 2.75) is 43.9 Å². The number of nitrogens with one attached hydrogen (secondary N) is 1. The Hall–Kier alpha value is -4.08. The topological polar surface area (TPSA) is 162 Å². The van der Waals surface area contributed by atoms with E-state index in [1.54, 1.807) is 29.2 Å². The number of β-amino-alcohol motifs (C(OH)–C–C–N with tert-alkyl or cyclic N) is 1. The van der Waals surface area contributed by atoms with Gasteiger partial charge in [-0.25, -0.2) is 4.98 Å². The predicted octanol–water partition coefficient (Wildman–Crippen LogP) is 1.39. The standard InChI is InChI=1S/C25H28N6O6/c26-14-18-3-2-11-30(18)23(33)15-28-21(25(34)29-12-9-19(32)16-29)13-17-5-7-20(8-6-17)37-24-22(31(35)36)4-1-10-27-24/h1,4-8,10,18-19,21,28,32H,2-3,9,11-13,15-16H2/t18-,19+,21-/m1/s1. The van der Waals surface area contributed by atoms with Gasteiger partial charge >= 0.3 is 5.69 Å². The van der Waals surface area contributed by atoms with Crippen molar-refractivity contribution in [2.24, 2.45) is 0 Å². The highest BCUT2D eigenvalue weighted by Gasteiger charge is 2.32. The van der Waals surface area contributed by atoms with Crippen molar-refractivity contribution in [1.29, 1.82) is 5.26 Å². The highest BCUT2D eigenvalue weighted by Crippen LogP contribution is 2.28. The van der Waals surface area contributed by atoms with Crippen molar-refractivity contribution in [1.82, 2.24) is 20.1 Å². The molecule has 2 fully saturated rings. The molecule has 12 heteroatoms. The zero-order chi connectivity index (χ0) is 26.4. The van der Waals surface area contributed by atoms with Gasteiger partial charge in [-0.05, 0) is 49.4 Å². The molecule has 1 aromatic heterocycles. The van der Waals surface area contributed by atoms with Gasteiger partial charge in [-0.1, -0.05) is 12.1 Å². The molecular formula is C25H28N6O6. The highest BCUT2D eigenvalue weighted by molar-refractivity contribution is 5.84. The van der Waals surface area contributed by atoms with E-state index in [0.717, 1.165) is 12.0 Å². The average Bonchev–Trinajstić information content (AvgIpc) is 3.56. The summed E-state index contributed by atoms with van der Waals surface area (Å²) >= 11 is 0. The fraction of sp³-hybridized carbons (Fsp3) is 0.440. The van der Waals surface area contributed by atoms with Gasteiger partial charge in [0.2, 0.25) is 11.8 Å². The molecule has 2 aromatic rings. The van der Waals surface area contributed by atoms with Crippen LogP contribution < -0.4 is 10.1 Å². The Morgan fingerprint density at radius 1 is 1.27 bits per heavy atom. The molecule has 0 radical (unpaired) electrons. The number of ether oxygens (including phenoxy) is 1. The van der Waals surface area contributed by atoms with Crippen molar-refractivity contribution in [3.63, 3.8) is 0 Å². The van der Waals surface area contributed by atoms with Crippen LogP contribution in [-0.2, 0) is 16.0 Å². The molecule has 0 spiro atoms. The lowest BCUT2D eigenvalue weighted by atomic mass is 10.0. The smallest absolute Gasteiger partial charge is 0.331 e. The Labute approximate surface area is 213 Å². The van der Waals surface area contributed by atoms with Gasteiger partial charge in [0, 0.05) is 31.9 Å². The van der Waals surface area contributed by atoms with Crippen LogP contribution in [0.15, 0.2) is 42.6 Å². The van der Waals surface area contributed by atoms with E-state index in [4.69, 9.17) is 4.74 Å². The number of rotatable bonds is 9. The van der Waals surface area contributed by atoms with Gasteiger partial charge in [-0.15, -0.1) is 0 Å². The Balaban J connectivity index is 1.44. The number of carbonyl (C=O) groups is 2. The van der Waals surface area contributed by atoms with Crippen LogP contribution in [-0.4, -0.2) is 81.0 Å². The van der Waals surface area contributed by atoms with Crippen LogP contribution >= 0.6 is 0 Å². The number of nitrogens with zero attached hydrogens (tertiary/aromatic N) is 5. The minimum Gasteiger partial charge on any atom is -0.434 e. The number of nitro groups is 1. The van der Waals surface area contributed by atoms with Crippen LogP contribution in [0, 0.1) is 21.4 Å². The van der Waals surface area contributed by atoms with Crippen LogP contribution in [0.3, 0.4) is 0 Å². The van der Waals surface area contributed by atoms with Crippen molar-refractivity contribution < 1.29 is 24.4 Å². The van der Waals surface area contributed by atoms with Gasteiger partial charge in [-0.2, -0.15) is 5.26 Å². The molecule has 0 bridgehead atoms. The molecule has 0 unspecified atom stereocenters. The molecule has 1 aromatic carbocycles. The molecular weight excluding hydrogens is 480 g/mol. The van der Waals surface area contributed by atoms with Gasteiger partial charge in [-0.3, -0.25) is 25.0 Å². The van der Waals surface area contributed by atoms with Crippen molar-refractivity contribution in [3.05, 3.63) is 58.3 Å². The SMILES string of the molecule is N#C[C@H]1CCCN1C(=O)CN[C@H](Cc1ccc(Oc2ncccc2[N+](=O)[O-])cc1)C(=O)N1CC[C@H](O)C1. The predicted molar refractivity (Wildman–Crippen MR) is 130 cm³/mol. The number of likely N-dealkylation sites (tertiary alicyclic amines) is 2. The van der Waals surface area contributed by atoms with Gasteiger partial charge in [0.1, 0.15) is 11.8 Å². The number of nitriles is 1. The highest BCUT2D eigenvalue weighted by atomic mass is 16.6. The van der Waals surface area contributed by atoms with Crippen molar-refractivity contribution in [2.75, 3.05) is 26.2 Å². The maximum atomic E-state index is 13.2. The zero-order valence-corrected chi connectivity index (χ0v) is 20.2. The summed E-state index contributed by atoms with van der Waals surface area (Å²) in [6.07, 6.45) is 3.01. The van der Waals surface area contributed by atoms with E-state index >= 15 is 0 Å². The molecule has 3 heterocycles. The van der Waals surface area contributed by atoms with Gasteiger partial charge in [0.15, 0.2) is 0 Å². The van der Waals surface area contributed by atoms with Crippen molar-refractivity contribution in [3.8, 4) is 17.7 Å². The molecule has 0 aliphatic carbocycles. The molecule has 4 rings (SSSR count). The van der Waals surface area contributed by atoms with Gasteiger partial charge in [0.25, 0.3) is 5.88 Å². The van der Waals surface area contributed by atoms with Crippen LogP contribution in [0.5, 0.6) is 11.6 Å². The number of aliphatic hydroxyl groups excluding tert-OH is 1. The number of benzene rings is 1. The summed E-state index contributed by atoms with van der Waals surface area (Å²) in [4.78, 5) is 43.6. The number of aromatic nitrogens is 1. The lowest BCUT2D eigenvalue weighted by Gasteiger charge is -2.26. The zero-order valence-electron chi connectivity index (χ0n) is 20.2. The largest absolute Gasteiger partial charge is 0.434 e. The lowest BCUT2D eigenvalue weighted by Crippen LogP contribution is -2.50. The molecule has 194 valence electrons. The van der Waals surface area contributed by atoms with E-state index in [1.165, 1.54) is 23.2 Å². The average molecular weight is 509 g/mol. The van der Waals surface area contributed by atoms with Crippen LogP contribution in [0.4, 0.5) is 5.69 Å². The van der Waals surface area contributed by atoms with Gasteiger partial charge < -0.3 is 19.6 Å². The Morgan fingerprint density at radius 2 is 2.05 bits per heavy atom. The second kappa shape index (κ2) is 11.8. The summed E-state index contributed by atoms with van der Waals surface area (Å²) in [5, 5.41) is 33.4. The molecule has 37 heavy (non-hydrogen) atoms. The first kappa shape index (κ1) is 26.0. The lowest BCUT2D eigenvalue weighted by molar-refractivity contribution is -0.386. The van der Waals surface area contributed by atoms with Crippen LogP contribution in [0.2, 0.25) is 0 Å². The number of hydrogen-bond acceptors (Lipinski definition) is 9. The number of carbonyl (C=O) groups excluding carboxylic acids is 2. The third-order valence-electron chi connectivity index (χ3n) is 6.52. The first-order valence-corrected chi connectivity index (χ1v) is 12.1. The molecule has 2 aliphatic rings. The second-order valence-corrected chi connectivity index (χ2v) is 9.07. The summed E-state index contributed by atoms with van der Waals surface area (Å²) < 4.78 is 5.58. The Bertz CT molecular complexity index is 1180. The first-order chi connectivity index (χ1) is 17.9. The Kier molecular flexibility index (Phi) is 8.27. The summed E-state index contributed by atoms with van der Waals surface area (Å²) in [7, 11) is 0. The summed E-state index contributed by atoms with van der Waals surface area (Å²) in [5.74, 6) is -0.231. The van der Waals surface area contributed by atoms with E-state index in [1.807, 2.05) is 0 Å². The Morgan fingerprint density at radius 3 is 2.73 bits per heavy atom. The van der Waals surface area contributed by atoms with E-state index in [2.05, 4.69) is 16.4 Å².